The number of anilines is 2. The lowest BCUT2D eigenvalue weighted by atomic mass is 10.0. The number of pyridine rings is 1. The van der Waals surface area contributed by atoms with Gasteiger partial charge in [0.25, 0.3) is 0 Å². The first-order valence-electron chi connectivity index (χ1n) is 13.9. The highest BCUT2D eigenvalue weighted by Crippen LogP contribution is 2.30. The first-order valence-corrected chi connectivity index (χ1v) is 13.9. The molecule has 10 heteroatoms. The molecule has 3 aromatic rings. The molecule has 0 unspecified atom stereocenters. The Bertz CT molecular complexity index is 1350. The maximum absolute atomic E-state index is 14.7. The van der Waals surface area contributed by atoms with E-state index >= 15 is 0 Å². The predicted molar refractivity (Wildman–Crippen MR) is 150 cm³/mol. The number of hydrogen-bond acceptors (Lipinski definition) is 8. The molecule has 39 heavy (non-hydrogen) atoms. The number of aromatic nitrogens is 2. The molecule has 5 heterocycles. The number of methoxy groups -OCH3 is 1. The van der Waals surface area contributed by atoms with E-state index in [9.17, 15) is 9.65 Å². The Morgan fingerprint density at radius 1 is 1.05 bits per heavy atom. The Kier molecular flexibility index (Phi) is 7.16. The molecule has 6 rings (SSSR count). The van der Waals surface area contributed by atoms with Crippen LogP contribution in [0.1, 0.15) is 18.2 Å². The zero-order valence-electron chi connectivity index (χ0n) is 22.7. The number of fused-ring (bicyclic) bond motifs is 2. The molecule has 0 spiro atoms. The van der Waals surface area contributed by atoms with Crippen LogP contribution in [0.2, 0.25) is 0 Å². The van der Waals surface area contributed by atoms with Crippen molar-refractivity contribution in [1.29, 1.82) is 5.26 Å². The van der Waals surface area contributed by atoms with Crippen molar-refractivity contribution in [2.75, 3.05) is 69.3 Å². The Morgan fingerprint density at radius 2 is 1.87 bits per heavy atom. The van der Waals surface area contributed by atoms with E-state index in [1.54, 1.807) is 13.2 Å². The molecule has 0 saturated carbocycles. The minimum absolute atomic E-state index is 0.0499. The van der Waals surface area contributed by atoms with Gasteiger partial charge >= 0.3 is 0 Å². The van der Waals surface area contributed by atoms with Gasteiger partial charge in [-0.15, -0.1) is 0 Å². The number of nitrogens with zero attached hydrogens (tertiary/aromatic N) is 7. The van der Waals surface area contributed by atoms with Crippen molar-refractivity contribution >= 4 is 16.9 Å². The summed E-state index contributed by atoms with van der Waals surface area (Å²) < 4.78 is 21.7. The summed E-state index contributed by atoms with van der Waals surface area (Å²) in [7, 11) is 1.73. The molecule has 0 radical (unpaired) electrons. The maximum Gasteiger partial charge on any atom is 0.171 e. The molecule has 3 aliphatic heterocycles. The van der Waals surface area contributed by atoms with Gasteiger partial charge in [0.15, 0.2) is 5.82 Å². The number of ether oxygens (including phenoxy) is 1. The average Bonchev–Trinajstić information content (AvgIpc) is 3.54. The van der Waals surface area contributed by atoms with Gasteiger partial charge in [-0.25, -0.2) is 8.91 Å². The van der Waals surface area contributed by atoms with Crippen molar-refractivity contribution in [3.63, 3.8) is 0 Å². The minimum Gasteiger partial charge on any atom is -0.378 e. The number of halogens is 1. The third-order valence-electron chi connectivity index (χ3n) is 8.77. The third-order valence-corrected chi connectivity index (χ3v) is 8.77. The summed E-state index contributed by atoms with van der Waals surface area (Å²) in [6, 6.07) is 15.4. The molecule has 0 aliphatic carbocycles. The number of nitriles is 1. The largest absolute Gasteiger partial charge is 0.378 e. The van der Waals surface area contributed by atoms with E-state index < -0.39 is 0 Å². The van der Waals surface area contributed by atoms with Gasteiger partial charge in [-0.3, -0.25) is 4.90 Å². The van der Waals surface area contributed by atoms with E-state index in [0.29, 0.717) is 23.3 Å². The molecule has 3 aliphatic rings. The molecule has 206 valence electrons. The lowest BCUT2D eigenvalue weighted by Crippen LogP contribution is -2.65. The molecule has 2 aromatic heterocycles. The van der Waals surface area contributed by atoms with Crippen LogP contribution in [0.4, 0.5) is 15.8 Å². The molecular weight excluding hydrogens is 495 g/mol. The van der Waals surface area contributed by atoms with E-state index in [0.717, 1.165) is 64.5 Å². The summed E-state index contributed by atoms with van der Waals surface area (Å²) in [4.78, 5) is 9.73. The second-order valence-electron chi connectivity index (χ2n) is 11.2. The Labute approximate surface area is 229 Å². The van der Waals surface area contributed by atoms with Gasteiger partial charge in [-0.05, 0) is 43.2 Å². The van der Waals surface area contributed by atoms with Gasteiger partial charge in [0.05, 0.1) is 24.0 Å². The molecular formula is C29H37FN8O. The lowest BCUT2D eigenvalue weighted by molar-refractivity contribution is 0.0356. The van der Waals surface area contributed by atoms with Crippen molar-refractivity contribution in [1.82, 2.24) is 19.4 Å². The number of rotatable bonds is 6. The summed E-state index contributed by atoms with van der Waals surface area (Å²) in [6.45, 7) is 9.64. The van der Waals surface area contributed by atoms with Gasteiger partial charge < -0.3 is 25.2 Å². The minimum atomic E-state index is -0.389. The second-order valence-corrected chi connectivity index (χ2v) is 11.2. The number of nitrogens with two attached hydrogens (primary N) is 1. The van der Waals surface area contributed by atoms with Crippen LogP contribution in [-0.2, 0) is 11.2 Å². The summed E-state index contributed by atoms with van der Waals surface area (Å²) >= 11 is 0. The highest BCUT2D eigenvalue weighted by molar-refractivity contribution is 5.75. The van der Waals surface area contributed by atoms with E-state index in [1.807, 2.05) is 6.07 Å². The van der Waals surface area contributed by atoms with E-state index in [2.05, 4.69) is 62.0 Å². The zero-order chi connectivity index (χ0) is 27.1. The van der Waals surface area contributed by atoms with Crippen molar-refractivity contribution in [3.8, 4) is 6.07 Å². The van der Waals surface area contributed by atoms with Crippen molar-refractivity contribution < 1.29 is 9.13 Å². The summed E-state index contributed by atoms with van der Waals surface area (Å²) in [5, 5.41) is 13.5. The molecule has 9 nitrogen and oxygen atoms in total. The van der Waals surface area contributed by atoms with Crippen LogP contribution in [0.5, 0.6) is 0 Å². The molecule has 3 saturated heterocycles. The molecule has 4 atom stereocenters. The second kappa shape index (κ2) is 10.7. The van der Waals surface area contributed by atoms with Gasteiger partial charge in [0, 0.05) is 77.2 Å². The SMILES string of the molecule is CO[C@@H]1CN(c2ccc(CCN3CCN4[C@@H](C3)CN(c3ccc(C#N)n5ncc(F)c35)C[C@H]4C)cc2)C[C@H]1N. The molecule has 0 bridgehead atoms. The van der Waals surface area contributed by atoms with Crippen molar-refractivity contribution in [2.24, 2.45) is 5.73 Å². The molecule has 0 amide bonds. The van der Waals surface area contributed by atoms with Crippen LogP contribution in [0, 0.1) is 17.1 Å². The Morgan fingerprint density at radius 3 is 2.62 bits per heavy atom. The quantitative estimate of drug-likeness (QED) is 0.516. The highest BCUT2D eigenvalue weighted by atomic mass is 19.1. The molecule has 1 aromatic carbocycles. The normalized spacial score (nSPS) is 26.2. The van der Waals surface area contributed by atoms with Crippen LogP contribution < -0.4 is 15.5 Å². The standard InChI is InChI=1S/C29H37FN8O/c1-20-15-36(27-8-7-23(13-31)38-29(27)25(30)14-33-38)17-24-16-34(11-12-37(20)24)10-9-21-3-5-22(6-4-21)35-18-26(32)28(19-35)39-2/h3-8,14,20,24,26,28H,9-12,15-19,32H2,1-2H3/t20-,24+,26-,28-/m1/s1. The lowest BCUT2D eigenvalue weighted by Gasteiger charge is -2.51. The van der Waals surface area contributed by atoms with Crippen LogP contribution in [0.15, 0.2) is 42.6 Å². The summed E-state index contributed by atoms with van der Waals surface area (Å²) in [5.74, 6) is -0.389. The van der Waals surface area contributed by atoms with Gasteiger partial charge in [-0.2, -0.15) is 10.4 Å². The van der Waals surface area contributed by atoms with E-state index in [1.165, 1.54) is 22.0 Å². The first-order chi connectivity index (χ1) is 18.9. The van der Waals surface area contributed by atoms with E-state index in [-0.39, 0.29) is 18.0 Å². The van der Waals surface area contributed by atoms with Crippen LogP contribution >= 0.6 is 0 Å². The van der Waals surface area contributed by atoms with Crippen LogP contribution in [0.25, 0.3) is 5.52 Å². The smallest absolute Gasteiger partial charge is 0.171 e. The summed E-state index contributed by atoms with van der Waals surface area (Å²) in [5.41, 5.74) is 10.3. The highest BCUT2D eigenvalue weighted by Gasteiger charge is 2.37. The van der Waals surface area contributed by atoms with Gasteiger partial charge in [-0.1, -0.05) is 12.1 Å². The fourth-order valence-corrected chi connectivity index (χ4v) is 6.64. The Balaban J connectivity index is 1.09. The maximum atomic E-state index is 14.7. The van der Waals surface area contributed by atoms with E-state index in [4.69, 9.17) is 10.5 Å². The first kappa shape index (κ1) is 26.0. The fraction of sp³-hybridized carbons (Fsp3) is 0.517. The number of hydrogen-bond donors (Lipinski definition) is 1. The topological polar surface area (TPSA) is 89.3 Å². The zero-order valence-corrected chi connectivity index (χ0v) is 22.7. The third kappa shape index (κ3) is 4.96. The molecule has 3 fully saturated rings. The van der Waals surface area contributed by atoms with Gasteiger partial charge in [0.2, 0.25) is 0 Å². The predicted octanol–water partition coefficient (Wildman–Crippen LogP) is 1.94. The summed E-state index contributed by atoms with van der Waals surface area (Å²) in [6.07, 6.45) is 2.29. The van der Waals surface area contributed by atoms with Crippen molar-refractivity contribution in [2.45, 2.75) is 37.6 Å². The van der Waals surface area contributed by atoms with Crippen LogP contribution in [-0.4, -0.2) is 103 Å². The number of piperazine rings is 2. The average molecular weight is 533 g/mol. The molecule has 2 N–H and O–H groups in total. The monoisotopic (exact) mass is 532 g/mol. The Hall–Kier alpha value is -3.23. The van der Waals surface area contributed by atoms with Crippen LogP contribution in [0.3, 0.4) is 0 Å². The van der Waals surface area contributed by atoms with Crippen molar-refractivity contribution in [3.05, 3.63) is 59.7 Å². The van der Waals surface area contributed by atoms with Gasteiger partial charge in [0.1, 0.15) is 17.3 Å². The fourth-order valence-electron chi connectivity index (χ4n) is 6.64. The number of benzene rings is 1.